The first-order chi connectivity index (χ1) is 8.24. The Hall–Kier alpha value is -2.56. The number of fused-ring (bicyclic) bond motifs is 1. The zero-order valence-electron chi connectivity index (χ0n) is 8.58. The molecule has 0 amide bonds. The van der Waals surface area contributed by atoms with Gasteiger partial charge in [-0.25, -0.2) is 4.79 Å². The second kappa shape index (κ2) is 3.48. The quantitative estimate of drug-likeness (QED) is 0.731. The van der Waals surface area contributed by atoms with Crippen molar-refractivity contribution in [1.29, 1.82) is 0 Å². The number of oxazole rings is 1. The minimum Gasteiger partial charge on any atom is -0.476 e. The number of aromatic carboxylic acids is 1. The molecule has 0 aliphatic heterocycles. The molecule has 3 aromatic rings. The molecule has 0 spiro atoms. The fourth-order valence-electron chi connectivity index (χ4n) is 1.57. The molecule has 0 fully saturated rings. The van der Waals surface area contributed by atoms with Crippen LogP contribution in [0.15, 0.2) is 45.4 Å². The van der Waals surface area contributed by atoms with Crippen LogP contribution in [-0.4, -0.2) is 16.1 Å². The summed E-state index contributed by atoms with van der Waals surface area (Å²) in [5, 5.41) is 9.65. The third-order valence-corrected chi connectivity index (χ3v) is 2.36. The van der Waals surface area contributed by atoms with Crippen molar-refractivity contribution in [1.82, 2.24) is 4.98 Å². The number of rotatable bonds is 2. The molecule has 2 heterocycles. The smallest absolute Gasteiger partial charge is 0.357 e. The number of benzene rings is 1. The van der Waals surface area contributed by atoms with E-state index < -0.39 is 5.97 Å². The Labute approximate surface area is 95.3 Å². The van der Waals surface area contributed by atoms with Gasteiger partial charge in [0.15, 0.2) is 11.5 Å². The number of carboxylic acids is 1. The molecule has 1 N–H and O–H groups in total. The van der Waals surface area contributed by atoms with Crippen LogP contribution in [0.3, 0.4) is 0 Å². The van der Waals surface area contributed by atoms with Crippen LogP contribution in [-0.2, 0) is 0 Å². The summed E-state index contributed by atoms with van der Waals surface area (Å²) in [4.78, 5) is 14.5. The molecule has 0 saturated heterocycles. The van der Waals surface area contributed by atoms with Gasteiger partial charge in [0, 0.05) is 5.39 Å². The van der Waals surface area contributed by atoms with Crippen LogP contribution >= 0.6 is 0 Å². The van der Waals surface area contributed by atoms with E-state index in [2.05, 4.69) is 4.98 Å². The molecule has 0 bridgehead atoms. The number of hydrogen-bond donors (Lipinski definition) is 1. The van der Waals surface area contributed by atoms with Crippen molar-refractivity contribution >= 4 is 16.9 Å². The summed E-state index contributed by atoms with van der Waals surface area (Å²) in [7, 11) is 0. The highest BCUT2D eigenvalue weighted by molar-refractivity contribution is 5.86. The molecule has 5 heteroatoms. The molecule has 3 rings (SSSR count). The Bertz CT molecular complexity index is 662. The summed E-state index contributed by atoms with van der Waals surface area (Å²) in [6, 6.07) is 9.21. The molecule has 2 aromatic heterocycles. The maximum atomic E-state index is 10.7. The van der Waals surface area contributed by atoms with Crippen molar-refractivity contribution in [3.05, 3.63) is 42.3 Å². The second-order valence-corrected chi connectivity index (χ2v) is 3.49. The lowest BCUT2D eigenvalue weighted by molar-refractivity contribution is 0.0690. The predicted molar refractivity (Wildman–Crippen MR) is 58.7 cm³/mol. The summed E-state index contributed by atoms with van der Waals surface area (Å²) >= 11 is 0. The number of carbonyl (C=O) groups is 1. The Kier molecular flexibility index (Phi) is 1.98. The predicted octanol–water partition coefficient (Wildman–Crippen LogP) is 2.79. The van der Waals surface area contributed by atoms with Crippen LogP contribution in [0.25, 0.3) is 22.6 Å². The summed E-state index contributed by atoms with van der Waals surface area (Å²) in [5.41, 5.74) is 0.568. The molecule has 1 aromatic carbocycles. The van der Waals surface area contributed by atoms with Crippen molar-refractivity contribution in [2.45, 2.75) is 0 Å². The minimum absolute atomic E-state index is 0.138. The number of carboxylic acid groups (broad SMARTS) is 1. The first-order valence-electron chi connectivity index (χ1n) is 4.92. The van der Waals surface area contributed by atoms with E-state index in [-0.39, 0.29) is 11.6 Å². The number of para-hydroxylation sites is 1. The van der Waals surface area contributed by atoms with Crippen LogP contribution in [0.2, 0.25) is 0 Å². The van der Waals surface area contributed by atoms with E-state index in [1.165, 1.54) is 0 Å². The Morgan fingerprint density at radius 1 is 1.29 bits per heavy atom. The number of furan rings is 1. The highest BCUT2D eigenvalue weighted by Gasteiger charge is 2.15. The van der Waals surface area contributed by atoms with Gasteiger partial charge in [-0.3, -0.25) is 0 Å². The van der Waals surface area contributed by atoms with Gasteiger partial charge >= 0.3 is 5.97 Å². The van der Waals surface area contributed by atoms with E-state index in [0.29, 0.717) is 11.3 Å². The summed E-state index contributed by atoms with van der Waals surface area (Å²) in [5.74, 6) is -0.548. The van der Waals surface area contributed by atoms with Crippen LogP contribution in [0.5, 0.6) is 0 Å². The lowest BCUT2D eigenvalue weighted by Crippen LogP contribution is -1.95. The molecular weight excluding hydrogens is 222 g/mol. The average molecular weight is 229 g/mol. The fourth-order valence-corrected chi connectivity index (χ4v) is 1.57. The van der Waals surface area contributed by atoms with Gasteiger partial charge in [-0.1, -0.05) is 18.2 Å². The van der Waals surface area contributed by atoms with Gasteiger partial charge < -0.3 is 13.9 Å². The summed E-state index contributed by atoms with van der Waals surface area (Å²) in [6.07, 6.45) is 1.09. The monoisotopic (exact) mass is 229 g/mol. The van der Waals surface area contributed by atoms with Crippen molar-refractivity contribution in [2.75, 3.05) is 0 Å². The Morgan fingerprint density at radius 2 is 2.12 bits per heavy atom. The van der Waals surface area contributed by atoms with Gasteiger partial charge in [0.2, 0.25) is 0 Å². The molecule has 0 saturated carbocycles. The molecule has 0 radical (unpaired) electrons. The summed E-state index contributed by atoms with van der Waals surface area (Å²) in [6.45, 7) is 0. The fraction of sp³-hybridized carbons (Fsp3) is 0. The standard InChI is InChI=1S/C12H7NO4/c14-12(15)8-6-16-11(13-8)10-5-7-3-1-2-4-9(7)17-10/h1-6H,(H,14,15). The van der Waals surface area contributed by atoms with E-state index in [0.717, 1.165) is 11.6 Å². The molecule has 0 atom stereocenters. The Balaban J connectivity index is 2.10. The zero-order chi connectivity index (χ0) is 11.8. The lowest BCUT2D eigenvalue weighted by Gasteiger charge is -1.85. The van der Waals surface area contributed by atoms with Crippen molar-refractivity contribution in [2.24, 2.45) is 0 Å². The number of hydrogen-bond acceptors (Lipinski definition) is 4. The average Bonchev–Trinajstić information content (AvgIpc) is 2.95. The van der Waals surface area contributed by atoms with Crippen LogP contribution < -0.4 is 0 Å². The molecule has 0 unspecified atom stereocenters. The molecular formula is C12H7NO4. The van der Waals surface area contributed by atoms with Gasteiger partial charge in [0.1, 0.15) is 11.8 Å². The first-order valence-corrected chi connectivity index (χ1v) is 4.92. The molecule has 84 valence electrons. The van der Waals surface area contributed by atoms with Gasteiger partial charge in [-0.2, -0.15) is 4.98 Å². The normalized spacial score (nSPS) is 10.8. The van der Waals surface area contributed by atoms with Crippen molar-refractivity contribution in [3.63, 3.8) is 0 Å². The molecule has 0 aliphatic carbocycles. The number of nitrogens with zero attached hydrogens (tertiary/aromatic N) is 1. The third kappa shape index (κ3) is 1.57. The van der Waals surface area contributed by atoms with Gasteiger partial charge in [0.25, 0.3) is 5.89 Å². The third-order valence-electron chi connectivity index (χ3n) is 2.36. The minimum atomic E-state index is -1.13. The molecule has 5 nitrogen and oxygen atoms in total. The Morgan fingerprint density at radius 3 is 2.82 bits per heavy atom. The SMILES string of the molecule is O=C(O)c1coc(-c2cc3ccccc3o2)n1. The number of aromatic nitrogens is 1. The molecule has 17 heavy (non-hydrogen) atoms. The highest BCUT2D eigenvalue weighted by Crippen LogP contribution is 2.26. The van der Waals surface area contributed by atoms with Gasteiger partial charge in [0.05, 0.1) is 0 Å². The van der Waals surface area contributed by atoms with Crippen LogP contribution in [0, 0.1) is 0 Å². The highest BCUT2D eigenvalue weighted by atomic mass is 16.4. The van der Waals surface area contributed by atoms with Crippen LogP contribution in [0.1, 0.15) is 10.5 Å². The van der Waals surface area contributed by atoms with Crippen molar-refractivity contribution < 1.29 is 18.7 Å². The summed E-state index contributed by atoms with van der Waals surface area (Å²) < 4.78 is 10.6. The van der Waals surface area contributed by atoms with Gasteiger partial charge in [-0.15, -0.1) is 0 Å². The maximum absolute atomic E-state index is 10.7. The maximum Gasteiger partial charge on any atom is 0.357 e. The van der Waals surface area contributed by atoms with Crippen molar-refractivity contribution in [3.8, 4) is 11.7 Å². The topological polar surface area (TPSA) is 76.5 Å². The zero-order valence-corrected chi connectivity index (χ0v) is 8.58. The van der Waals surface area contributed by atoms with Gasteiger partial charge in [-0.05, 0) is 12.1 Å². The first kappa shape index (κ1) is 9.65. The van der Waals surface area contributed by atoms with E-state index in [1.807, 2.05) is 24.3 Å². The van der Waals surface area contributed by atoms with E-state index in [4.69, 9.17) is 13.9 Å². The lowest BCUT2D eigenvalue weighted by atomic mass is 10.2. The second-order valence-electron chi connectivity index (χ2n) is 3.49. The van der Waals surface area contributed by atoms with E-state index in [1.54, 1.807) is 6.07 Å². The van der Waals surface area contributed by atoms with E-state index in [9.17, 15) is 4.79 Å². The van der Waals surface area contributed by atoms with Crippen LogP contribution in [0.4, 0.5) is 0 Å². The van der Waals surface area contributed by atoms with E-state index >= 15 is 0 Å². The largest absolute Gasteiger partial charge is 0.476 e. The molecule has 0 aliphatic rings.